The van der Waals surface area contributed by atoms with Crippen molar-refractivity contribution in [2.45, 2.75) is 32.8 Å². The molecule has 1 aliphatic rings. The molecule has 24 heavy (non-hydrogen) atoms. The van der Waals surface area contributed by atoms with E-state index in [-0.39, 0.29) is 12.5 Å². The first-order valence-electron chi connectivity index (χ1n) is 8.36. The summed E-state index contributed by atoms with van der Waals surface area (Å²) in [7, 11) is 0. The molecule has 0 saturated heterocycles. The normalized spacial score (nSPS) is 17.0. The number of carbonyl (C=O) groups is 2. The Morgan fingerprint density at radius 1 is 1.42 bits per heavy atom. The first kappa shape index (κ1) is 18.3. The highest BCUT2D eigenvalue weighted by atomic mass is 16.5. The third-order valence-electron chi connectivity index (χ3n) is 4.07. The van der Waals surface area contributed by atoms with Crippen LogP contribution in [0.2, 0.25) is 0 Å². The molecule has 1 N–H and O–H groups in total. The Bertz CT molecular complexity index is 549. The number of hydrogen-bond acceptors (Lipinski definition) is 4. The lowest BCUT2D eigenvalue weighted by molar-refractivity contribution is -0.144. The van der Waals surface area contributed by atoms with Gasteiger partial charge in [0.2, 0.25) is 0 Å². The molecule has 0 fully saturated rings. The molecular weight excluding hydrogens is 310 g/mol. The summed E-state index contributed by atoms with van der Waals surface area (Å²) < 4.78 is 11.1. The van der Waals surface area contributed by atoms with E-state index in [1.807, 2.05) is 31.2 Å². The largest absolute Gasteiger partial charge is 0.481 e. The van der Waals surface area contributed by atoms with Crippen LogP contribution in [-0.2, 0) is 20.7 Å². The van der Waals surface area contributed by atoms with E-state index in [2.05, 4.69) is 0 Å². The van der Waals surface area contributed by atoms with E-state index in [0.717, 1.165) is 11.3 Å². The number of hydrogen-bond donors (Lipinski definition) is 1. The van der Waals surface area contributed by atoms with E-state index in [1.165, 1.54) is 0 Å². The monoisotopic (exact) mass is 335 g/mol. The van der Waals surface area contributed by atoms with Crippen LogP contribution in [0.5, 0.6) is 5.75 Å². The topological polar surface area (TPSA) is 76.1 Å². The first-order chi connectivity index (χ1) is 11.5. The third kappa shape index (κ3) is 4.71. The molecule has 1 aliphatic heterocycles. The van der Waals surface area contributed by atoms with Crippen LogP contribution in [-0.4, -0.2) is 54.3 Å². The third-order valence-corrected chi connectivity index (χ3v) is 4.07. The molecule has 1 amide bonds. The molecule has 2 unspecified atom stereocenters. The summed E-state index contributed by atoms with van der Waals surface area (Å²) in [4.78, 5) is 25.5. The van der Waals surface area contributed by atoms with E-state index >= 15 is 0 Å². The lowest BCUT2D eigenvalue weighted by atomic mass is 10.1. The molecular formula is C18H25NO5. The van der Waals surface area contributed by atoms with Crippen LogP contribution in [0.3, 0.4) is 0 Å². The second kappa shape index (κ2) is 8.68. The number of carboxylic acids is 1. The maximum atomic E-state index is 12.8. The molecule has 0 spiro atoms. The SMILES string of the molecule is CCOCCCN(CC(C)C(=O)O)C(=O)C1Cc2ccccc2O1. The Morgan fingerprint density at radius 3 is 2.83 bits per heavy atom. The predicted molar refractivity (Wildman–Crippen MR) is 89.1 cm³/mol. The van der Waals surface area contributed by atoms with Crippen molar-refractivity contribution in [3.8, 4) is 5.75 Å². The van der Waals surface area contributed by atoms with Gasteiger partial charge in [0.25, 0.3) is 5.91 Å². The number of para-hydroxylation sites is 1. The lowest BCUT2D eigenvalue weighted by Gasteiger charge is -2.27. The molecule has 1 heterocycles. The summed E-state index contributed by atoms with van der Waals surface area (Å²) in [6.45, 7) is 5.34. The molecule has 2 rings (SSSR count). The van der Waals surface area contributed by atoms with Gasteiger partial charge in [-0.2, -0.15) is 0 Å². The Kier molecular flexibility index (Phi) is 6.61. The van der Waals surface area contributed by atoms with Crippen molar-refractivity contribution < 1.29 is 24.2 Å². The van der Waals surface area contributed by atoms with Gasteiger partial charge in [0.15, 0.2) is 6.10 Å². The minimum absolute atomic E-state index is 0.157. The van der Waals surface area contributed by atoms with E-state index in [1.54, 1.807) is 11.8 Å². The molecule has 1 aromatic rings. The van der Waals surface area contributed by atoms with Crippen LogP contribution in [0.1, 0.15) is 25.8 Å². The zero-order valence-electron chi connectivity index (χ0n) is 14.2. The fraction of sp³-hybridized carbons (Fsp3) is 0.556. The molecule has 0 radical (unpaired) electrons. The first-order valence-corrected chi connectivity index (χ1v) is 8.36. The van der Waals surface area contributed by atoms with Crippen LogP contribution in [0.4, 0.5) is 0 Å². The Balaban J connectivity index is 1.99. The number of rotatable bonds is 9. The van der Waals surface area contributed by atoms with Crippen LogP contribution in [0.25, 0.3) is 0 Å². The fourth-order valence-electron chi connectivity index (χ4n) is 2.73. The maximum absolute atomic E-state index is 12.8. The lowest BCUT2D eigenvalue weighted by Crippen LogP contribution is -2.45. The van der Waals surface area contributed by atoms with Gasteiger partial charge in [0.1, 0.15) is 5.75 Å². The molecule has 0 aromatic heterocycles. The minimum Gasteiger partial charge on any atom is -0.481 e. The Morgan fingerprint density at radius 2 is 2.17 bits per heavy atom. The second-order valence-corrected chi connectivity index (χ2v) is 5.99. The minimum atomic E-state index is -0.909. The maximum Gasteiger partial charge on any atom is 0.308 e. The molecule has 132 valence electrons. The van der Waals surface area contributed by atoms with Crippen molar-refractivity contribution in [3.63, 3.8) is 0 Å². The molecule has 2 atom stereocenters. The zero-order chi connectivity index (χ0) is 17.5. The van der Waals surface area contributed by atoms with E-state index < -0.39 is 18.0 Å². The molecule has 6 nitrogen and oxygen atoms in total. The van der Waals surface area contributed by atoms with Gasteiger partial charge >= 0.3 is 5.97 Å². The van der Waals surface area contributed by atoms with Gasteiger partial charge in [0, 0.05) is 32.7 Å². The second-order valence-electron chi connectivity index (χ2n) is 5.99. The van der Waals surface area contributed by atoms with E-state index in [9.17, 15) is 9.59 Å². The number of aliphatic carboxylic acids is 1. The van der Waals surface area contributed by atoms with Crippen LogP contribution in [0.15, 0.2) is 24.3 Å². The van der Waals surface area contributed by atoms with Gasteiger partial charge in [-0.3, -0.25) is 9.59 Å². The summed E-state index contributed by atoms with van der Waals surface area (Å²) in [6, 6.07) is 7.59. The highest BCUT2D eigenvalue weighted by Crippen LogP contribution is 2.29. The van der Waals surface area contributed by atoms with Crippen molar-refractivity contribution in [1.82, 2.24) is 4.90 Å². The highest BCUT2D eigenvalue weighted by molar-refractivity contribution is 5.83. The van der Waals surface area contributed by atoms with E-state index in [0.29, 0.717) is 32.6 Å². The summed E-state index contributed by atoms with van der Waals surface area (Å²) in [6.07, 6.45) is 0.625. The van der Waals surface area contributed by atoms with Crippen molar-refractivity contribution in [3.05, 3.63) is 29.8 Å². The van der Waals surface area contributed by atoms with Gasteiger partial charge in [-0.25, -0.2) is 0 Å². The summed E-state index contributed by atoms with van der Waals surface area (Å²) in [5.41, 5.74) is 1.01. The van der Waals surface area contributed by atoms with Crippen molar-refractivity contribution in [2.75, 3.05) is 26.3 Å². The molecule has 6 heteroatoms. The summed E-state index contributed by atoms with van der Waals surface area (Å²) >= 11 is 0. The zero-order valence-corrected chi connectivity index (χ0v) is 14.2. The van der Waals surface area contributed by atoms with Crippen molar-refractivity contribution >= 4 is 11.9 Å². The predicted octanol–water partition coefficient (Wildman–Crippen LogP) is 1.97. The number of carboxylic acid groups (broad SMARTS) is 1. The van der Waals surface area contributed by atoms with Crippen LogP contribution >= 0.6 is 0 Å². The number of nitrogens with zero attached hydrogens (tertiary/aromatic N) is 1. The average molecular weight is 335 g/mol. The van der Waals surface area contributed by atoms with Gasteiger partial charge in [0.05, 0.1) is 5.92 Å². The fourth-order valence-corrected chi connectivity index (χ4v) is 2.73. The number of amides is 1. The number of benzene rings is 1. The highest BCUT2D eigenvalue weighted by Gasteiger charge is 2.33. The smallest absolute Gasteiger partial charge is 0.308 e. The molecule has 0 aliphatic carbocycles. The quantitative estimate of drug-likeness (QED) is 0.698. The van der Waals surface area contributed by atoms with Gasteiger partial charge < -0.3 is 19.5 Å². The number of ether oxygens (including phenoxy) is 2. The standard InChI is InChI=1S/C18H25NO5/c1-3-23-10-6-9-19(12-13(2)18(21)22)17(20)16-11-14-7-4-5-8-15(14)24-16/h4-5,7-8,13,16H,3,6,9-12H2,1-2H3,(H,21,22). The van der Waals surface area contributed by atoms with Crippen LogP contribution < -0.4 is 4.74 Å². The van der Waals surface area contributed by atoms with Crippen molar-refractivity contribution in [2.24, 2.45) is 5.92 Å². The van der Waals surface area contributed by atoms with Gasteiger partial charge in [-0.15, -0.1) is 0 Å². The Labute approximate surface area is 142 Å². The average Bonchev–Trinajstić information content (AvgIpc) is 3.00. The van der Waals surface area contributed by atoms with Gasteiger partial charge in [-0.05, 0) is 25.0 Å². The van der Waals surface area contributed by atoms with Crippen LogP contribution in [0, 0.1) is 5.92 Å². The summed E-state index contributed by atoms with van der Waals surface area (Å²) in [5.74, 6) is -0.953. The van der Waals surface area contributed by atoms with Gasteiger partial charge in [-0.1, -0.05) is 25.1 Å². The number of carbonyl (C=O) groups excluding carboxylic acids is 1. The van der Waals surface area contributed by atoms with Crippen molar-refractivity contribution in [1.29, 1.82) is 0 Å². The van der Waals surface area contributed by atoms with E-state index in [4.69, 9.17) is 14.6 Å². The summed E-state index contributed by atoms with van der Waals surface area (Å²) in [5, 5.41) is 9.14. The number of fused-ring (bicyclic) bond motifs is 1. The molecule has 0 saturated carbocycles. The molecule has 0 bridgehead atoms. The Hall–Kier alpha value is -2.08. The molecule has 1 aromatic carbocycles.